The van der Waals surface area contributed by atoms with Gasteiger partial charge in [-0.25, -0.2) is 9.18 Å². The Balaban J connectivity index is 1.72. The molecule has 2 aromatic rings. The molecule has 4 rings (SSSR count). The maximum absolute atomic E-state index is 13.6. The number of ether oxygens (including phenoxy) is 1. The SMILES string of the molecule is N#Cc1ccc(F)cc1CN1C(=O)NC2(CCOc3ccccc32)C1=O. The molecule has 1 fully saturated rings. The lowest BCUT2D eigenvalue weighted by Gasteiger charge is -2.33. The van der Waals surface area contributed by atoms with E-state index in [1.807, 2.05) is 6.07 Å². The van der Waals surface area contributed by atoms with Crippen molar-refractivity contribution < 1.29 is 18.7 Å². The summed E-state index contributed by atoms with van der Waals surface area (Å²) in [5.74, 6) is -0.402. The molecule has 130 valence electrons. The zero-order valence-electron chi connectivity index (χ0n) is 13.7. The molecule has 0 radical (unpaired) electrons. The van der Waals surface area contributed by atoms with Crippen LogP contribution in [0.15, 0.2) is 42.5 Å². The summed E-state index contributed by atoms with van der Waals surface area (Å²) in [7, 11) is 0. The van der Waals surface area contributed by atoms with Gasteiger partial charge in [-0.05, 0) is 29.8 Å². The van der Waals surface area contributed by atoms with E-state index in [0.29, 0.717) is 24.3 Å². The van der Waals surface area contributed by atoms with E-state index in [-0.39, 0.29) is 17.7 Å². The third-order valence-electron chi connectivity index (χ3n) is 4.77. The fraction of sp³-hybridized carbons (Fsp3) is 0.211. The number of hydrogen-bond donors (Lipinski definition) is 1. The van der Waals surface area contributed by atoms with Gasteiger partial charge in [0.1, 0.15) is 11.6 Å². The monoisotopic (exact) mass is 351 g/mol. The number of imide groups is 1. The van der Waals surface area contributed by atoms with Crippen molar-refractivity contribution >= 4 is 11.9 Å². The van der Waals surface area contributed by atoms with Gasteiger partial charge in [0.05, 0.1) is 24.8 Å². The highest BCUT2D eigenvalue weighted by Gasteiger charge is 2.54. The summed E-state index contributed by atoms with van der Waals surface area (Å²) in [4.78, 5) is 26.7. The first kappa shape index (κ1) is 16.1. The molecule has 2 aromatic carbocycles. The molecule has 1 unspecified atom stereocenters. The maximum atomic E-state index is 13.6. The van der Waals surface area contributed by atoms with Crippen molar-refractivity contribution in [2.75, 3.05) is 6.61 Å². The van der Waals surface area contributed by atoms with Gasteiger partial charge in [0.15, 0.2) is 5.54 Å². The first-order valence-electron chi connectivity index (χ1n) is 8.10. The van der Waals surface area contributed by atoms with Crippen molar-refractivity contribution in [3.63, 3.8) is 0 Å². The molecule has 1 spiro atoms. The van der Waals surface area contributed by atoms with Gasteiger partial charge in [0, 0.05) is 12.0 Å². The number of nitrogens with one attached hydrogen (secondary N) is 1. The molecular weight excluding hydrogens is 337 g/mol. The number of hydrogen-bond acceptors (Lipinski definition) is 4. The smallest absolute Gasteiger partial charge is 0.325 e. The van der Waals surface area contributed by atoms with Crippen molar-refractivity contribution in [2.24, 2.45) is 0 Å². The molecule has 0 saturated carbocycles. The maximum Gasteiger partial charge on any atom is 0.325 e. The van der Waals surface area contributed by atoms with Gasteiger partial charge in [-0.1, -0.05) is 18.2 Å². The Morgan fingerprint density at radius 1 is 1.27 bits per heavy atom. The van der Waals surface area contributed by atoms with Gasteiger partial charge in [-0.3, -0.25) is 9.69 Å². The zero-order valence-corrected chi connectivity index (χ0v) is 13.7. The molecule has 7 heteroatoms. The molecule has 1 atom stereocenters. The Labute approximate surface area is 148 Å². The van der Waals surface area contributed by atoms with Crippen LogP contribution in [0, 0.1) is 17.1 Å². The molecule has 0 bridgehead atoms. The molecule has 2 heterocycles. The number of rotatable bonds is 2. The summed E-state index contributed by atoms with van der Waals surface area (Å²) in [5.41, 5.74) is -0.0768. The minimum absolute atomic E-state index is 0.171. The molecule has 3 amide bonds. The zero-order chi connectivity index (χ0) is 18.3. The molecule has 2 aliphatic rings. The van der Waals surface area contributed by atoms with Crippen LogP contribution in [0.5, 0.6) is 5.75 Å². The van der Waals surface area contributed by atoms with Crippen molar-refractivity contribution in [3.05, 3.63) is 65.0 Å². The number of nitrogens with zero attached hydrogens (tertiary/aromatic N) is 2. The molecule has 0 aromatic heterocycles. The number of amides is 3. The highest BCUT2D eigenvalue weighted by Crippen LogP contribution is 2.41. The number of benzene rings is 2. The van der Waals surface area contributed by atoms with Gasteiger partial charge < -0.3 is 10.1 Å². The van der Waals surface area contributed by atoms with Crippen molar-refractivity contribution in [3.8, 4) is 11.8 Å². The number of fused-ring (bicyclic) bond motifs is 2. The predicted molar refractivity (Wildman–Crippen MR) is 88.4 cm³/mol. The molecule has 1 N–H and O–H groups in total. The van der Waals surface area contributed by atoms with E-state index in [1.54, 1.807) is 24.3 Å². The Morgan fingerprint density at radius 3 is 2.88 bits per heavy atom. The summed E-state index contributed by atoms with van der Waals surface area (Å²) in [6, 6.07) is 12.1. The Bertz CT molecular complexity index is 969. The second-order valence-corrected chi connectivity index (χ2v) is 6.23. The van der Waals surface area contributed by atoms with Gasteiger partial charge in [0.2, 0.25) is 0 Å². The van der Waals surface area contributed by atoms with E-state index in [0.717, 1.165) is 4.90 Å². The highest BCUT2D eigenvalue weighted by molar-refractivity contribution is 6.07. The summed E-state index contributed by atoms with van der Waals surface area (Å²) in [6.07, 6.45) is 0.305. The molecule has 6 nitrogen and oxygen atoms in total. The fourth-order valence-corrected chi connectivity index (χ4v) is 3.49. The standard InChI is InChI=1S/C19H14FN3O3/c20-14-6-5-12(10-21)13(9-14)11-23-17(24)19(22-18(23)25)7-8-26-16-4-2-1-3-15(16)19/h1-6,9H,7-8,11H2,(H,22,25). The van der Waals surface area contributed by atoms with E-state index in [4.69, 9.17) is 4.74 Å². The Morgan fingerprint density at radius 2 is 2.08 bits per heavy atom. The topological polar surface area (TPSA) is 82.4 Å². The number of carbonyl (C=O) groups excluding carboxylic acids is 2. The number of nitriles is 1. The number of carbonyl (C=O) groups is 2. The average Bonchev–Trinajstić information content (AvgIpc) is 2.87. The van der Waals surface area contributed by atoms with E-state index >= 15 is 0 Å². The third kappa shape index (κ3) is 2.30. The minimum Gasteiger partial charge on any atom is -0.493 e. The van der Waals surface area contributed by atoms with Crippen LogP contribution in [0.1, 0.15) is 23.1 Å². The number of urea groups is 1. The molecule has 26 heavy (non-hydrogen) atoms. The molecule has 1 saturated heterocycles. The van der Waals surface area contributed by atoms with Crippen LogP contribution in [-0.4, -0.2) is 23.4 Å². The summed E-state index contributed by atoms with van der Waals surface area (Å²) >= 11 is 0. The summed E-state index contributed by atoms with van der Waals surface area (Å²) in [6.45, 7) is 0.121. The van der Waals surface area contributed by atoms with Crippen LogP contribution in [0.2, 0.25) is 0 Å². The van der Waals surface area contributed by atoms with Crippen molar-refractivity contribution in [1.82, 2.24) is 10.2 Å². The van der Waals surface area contributed by atoms with Crippen LogP contribution < -0.4 is 10.1 Å². The largest absolute Gasteiger partial charge is 0.493 e. The summed E-state index contributed by atoms with van der Waals surface area (Å²) < 4.78 is 19.2. The van der Waals surface area contributed by atoms with E-state index in [1.165, 1.54) is 18.2 Å². The van der Waals surface area contributed by atoms with Crippen LogP contribution in [0.3, 0.4) is 0 Å². The van der Waals surface area contributed by atoms with Gasteiger partial charge >= 0.3 is 6.03 Å². The Kier molecular flexibility index (Phi) is 3.62. The normalized spacial score (nSPS) is 21.2. The van der Waals surface area contributed by atoms with Crippen LogP contribution in [-0.2, 0) is 16.9 Å². The van der Waals surface area contributed by atoms with Crippen LogP contribution in [0.4, 0.5) is 9.18 Å². The van der Waals surface area contributed by atoms with Gasteiger partial charge in [-0.15, -0.1) is 0 Å². The minimum atomic E-state index is -1.19. The molecule has 2 aliphatic heterocycles. The Hall–Kier alpha value is -3.40. The fourth-order valence-electron chi connectivity index (χ4n) is 3.49. The van der Waals surface area contributed by atoms with Crippen LogP contribution in [0.25, 0.3) is 0 Å². The molecule has 0 aliphatic carbocycles. The third-order valence-corrected chi connectivity index (χ3v) is 4.77. The van der Waals surface area contributed by atoms with E-state index in [2.05, 4.69) is 5.32 Å². The lowest BCUT2D eigenvalue weighted by atomic mass is 9.84. The van der Waals surface area contributed by atoms with Crippen molar-refractivity contribution in [1.29, 1.82) is 5.26 Å². The first-order chi connectivity index (χ1) is 12.5. The van der Waals surface area contributed by atoms with E-state index in [9.17, 15) is 19.2 Å². The molecular formula is C19H14FN3O3. The van der Waals surface area contributed by atoms with Crippen LogP contribution >= 0.6 is 0 Å². The predicted octanol–water partition coefficient (Wildman–Crippen LogP) is 2.43. The first-order valence-corrected chi connectivity index (χ1v) is 8.10. The second-order valence-electron chi connectivity index (χ2n) is 6.23. The average molecular weight is 351 g/mol. The summed E-state index contributed by atoms with van der Waals surface area (Å²) in [5, 5.41) is 12.0. The quantitative estimate of drug-likeness (QED) is 0.843. The lowest BCUT2D eigenvalue weighted by Crippen LogP contribution is -2.47. The lowest BCUT2D eigenvalue weighted by molar-refractivity contribution is -0.133. The number of para-hydroxylation sites is 1. The van der Waals surface area contributed by atoms with Crippen molar-refractivity contribution in [2.45, 2.75) is 18.5 Å². The highest BCUT2D eigenvalue weighted by atomic mass is 19.1. The number of halogens is 1. The van der Waals surface area contributed by atoms with E-state index < -0.39 is 23.3 Å². The van der Waals surface area contributed by atoms with Gasteiger partial charge in [0.25, 0.3) is 5.91 Å². The second kappa shape index (κ2) is 5.85. The van der Waals surface area contributed by atoms with Gasteiger partial charge in [-0.2, -0.15) is 5.26 Å².